The number of hydrogen-bond donors (Lipinski definition) is 0. The predicted octanol–water partition coefficient (Wildman–Crippen LogP) is 5.39. The monoisotopic (exact) mass is 406 g/mol. The summed E-state index contributed by atoms with van der Waals surface area (Å²) in [6.07, 6.45) is 0. The molecule has 1 aliphatic rings. The number of methoxy groups -OCH3 is 1. The van der Waals surface area contributed by atoms with Crippen molar-refractivity contribution in [3.05, 3.63) is 101 Å². The molecule has 1 unspecified atom stereocenters. The van der Waals surface area contributed by atoms with Crippen molar-refractivity contribution in [3.63, 3.8) is 0 Å². The van der Waals surface area contributed by atoms with Gasteiger partial charge in [-0.25, -0.2) is 9.40 Å². The lowest BCUT2D eigenvalue weighted by Crippen LogP contribution is -2.27. The minimum atomic E-state index is -0.390. The second-order valence-electron chi connectivity index (χ2n) is 6.59. The molecule has 29 heavy (non-hydrogen) atoms. The van der Waals surface area contributed by atoms with Crippen LogP contribution in [0.15, 0.2) is 77.9 Å². The van der Waals surface area contributed by atoms with E-state index in [1.54, 1.807) is 25.3 Å². The molecule has 0 bridgehead atoms. The number of carbonyl (C=O) groups is 1. The number of ether oxygens (including phenoxy) is 1. The zero-order valence-electron chi connectivity index (χ0n) is 16.0. The number of rotatable bonds is 4. The highest BCUT2D eigenvalue weighted by atomic mass is 32.2. The van der Waals surface area contributed by atoms with E-state index in [9.17, 15) is 9.18 Å². The summed E-state index contributed by atoms with van der Waals surface area (Å²) in [4.78, 5) is 13.4. The Balaban J connectivity index is 1.78. The summed E-state index contributed by atoms with van der Waals surface area (Å²) in [5.41, 5.74) is 3.09. The van der Waals surface area contributed by atoms with Crippen LogP contribution in [0.1, 0.15) is 32.4 Å². The molecular formula is C23H19FN2O2S. The standard InChI is InChI=1S/C23H19FN2O2S/c1-15-7-3-4-8-18(15)22(27)26-23(19-9-5-6-10-20(19)28-2)29-21(25-26)16-11-13-17(24)14-12-16/h3-14,23H,1-2H3. The summed E-state index contributed by atoms with van der Waals surface area (Å²) in [7, 11) is 1.60. The third kappa shape index (κ3) is 3.76. The second kappa shape index (κ2) is 8.09. The smallest absolute Gasteiger partial charge is 0.275 e. The van der Waals surface area contributed by atoms with Crippen LogP contribution < -0.4 is 4.74 Å². The minimum Gasteiger partial charge on any atom is -0.496 e. The summed E-state index contributed by atoms with van der Waals surface area (Å²) in [6.45, 7) is 1.90. The highest BCUT2D eigenvalue weighted by Crippen LogP contribution is 2.45. The van der Waals surface area contributed by atoms with Crippen molar-refractivity contribution < 1.29 is 13.9 Å². The Morgan fingerprint density at radius 2 is 1.72 bits per heavy atom. The third-order valence-corrected chi connectivity index (χ3v) is 5.94. The number of hydrazone groups is 1. The van der Waals surface area contributed by atoms with Crippen molar-refractivity contribution in [2.24, 2.45) is 5.10 Å². The third-order valence-electron chi connectivity index (χ3n) is 4.72. The highest BCUT2D eigenvalue weighted by molar-refractivity contribution is 8.14. The zero-order chi connectivity index (χ0) is 20.4. The molecule has 0 fully saturated rings. The van der Waals surface area contributed by atoms with E-state index in [-0.39, 0.29) is 11.7 Å². The Hall–Kier alpha value is -3.12. The Kier molecular flexibility index (Phi) is 5.36. The normalized spacial score (nSPS) is 15.9. The van der Waals surface area contributed by atoms with Crippen molar-refractivity contribution in [2.75, 3.05) is 7.11 Å². The van der Waals surface area contributed by atoms with E-state index in [0.717, 1.165) is 16.7 Å². The minimum absolute atomic E-state index is 0.191. The van der Waals surface area contributed by atoms with Gasteiger partial charge in [0.1, 0.15) is 22.0 Å². The van der Waals surface area contributed by atoms with Gasteiger partial charge in [0.05, 0.1) is 7.11 Å². The van der Waals surface area contributed by atoms with Gasteiger partial charge in [0.2, 0.25) is 0 Å². The Morgan fingerprint density at radius 3 is 2.45 bits per heavy atom. The van der Waals surface area contributed by atoms with Gasteiger partial charge in [-0.05, 0) is 48.9 Å². The van der Waals surface area contributed by atoms with Crippen molar-refractivity contribution in [2.45, 2.75) is 12.3 Å². The fraction of sp³-hybridized carbons (Fsp3) is 0.130. The fourth-order valence-electron chi connectivity index (χ4n) is 3.20. The number of nitrogens with zero attached hydrogens (tertiary/aromatic N) is 2. The number of amides is 1. The Bertz CT molecular complexity index is 1080. The largest absolute Gasteiger partial charge is 0.496 e. The van der Waals surface area contributed by atoms with Crippen LogP contribution in [0.5, 0.6) is 5.75 Å². The van der Waals surface area contributed by atoms with Gasteiger partial charge in [0.25, 0.3) is 5.91 Å². The van der Waals surface area contributed by atoms with Crippen molar-refractivity contribution >= 4 is 22.7 Å². The lowest BCUT2D eigenvalue weighted by atomic mass is 10.1. The molecule has 3 aromatic carbocycles. The highest BCUT2D eigenvalue weighted by Gasteiger charge is 2.36. The van der Waals surface area contributed by atoms with Crippen molar-refractivity contribution in [3.8, 4) is 5.75 Å². The SMILES string of the molecule is COc1ccccc1C1SC(c2ccc(F)cc2)=NN1C(=O)c1ccccc1C. The van der Waals surface area contributed by atoms with E-state index in [4.69, 9.17) is 4.74 Å². The molecular weight excluding hydrogens is 387 g/mol. The molecule has 0 aliphatic carbocycles. The molecule has 6 heteroatoms. The van der Waals surface area contributed by atoms with Crippen molar-refractivity contribution in [1.82, 2.24) is 5.01 Å². The maximum absolute atomic E-state index is 13.4. The van der Waals surface area contributed by atoms with Crippen molar-refractivity contribution in [1.29, 1.82) is 0 Å². The summed E-state index contributed by atoms with van der Waals surface area (Å²) >= 11 is 1.44. The molecule has 0 spiro atoms. The molecule has 4 rings (SSSR count). The number of hydrogen-bond acceptors (Lipinski definition) is 4. The summed E-state index contributed by atoms with van der Waals surface area (Å²) in [5.74, 6) is 0.179. The first kappa shape index (κ1) is 19.2. The molecule has 0 N–H and O–H groups in total. The molecule has 146 valence electrons. The van der Waals surface area contributed by atoms with Crippen LogP contribution in [0.4, 0.5) is 4.39 Å². The van der Waals surface area contributed by atoms with Gasteiger partial charge in [-0.2, -0.15) is 5.10 Å². The molecule has 0 radical (unpaired) electrons. The first-order valence-corrected chi connectivity index (χ1v) is 10.00. The summed E-state index contributed by atoms with van der Waals surface area (Å²) < 4.78 is 18.9. The fourth-order valence-corrected chi connectivity index (χ4v) is 4.38. The Morgan fingerprint density at radius 1 is 1.03 bits per heavy atom. The maximum Gasteiger partial charge on any atom is 0.275 e. The second-order valence-corrected chi connectivity index (χ2v) is 7.66. The number of para-hydroxylation sites is 1. The molecule has 0 aromatic heterocycles. The number of thioether (sulfide) groups is 1. The number of halogens is 1. The van der Waals surface area contributed by atoms with Crippen LogP contribution in [0.2, 0.25) is 0 Å². The van der Waals surface area contributed by atoms with E-state index in [1.165, 1.54) is 28.9 Å². The van der Waals surface area contributed by atoms with Crippen LogP contribution in [-0.4, -0.2) is 23.1 Å². The number of benzene rings is 3. The van der Waals surface area contributed by atoms with Crippen LogP contribution in [0, 0.1) is 12.7 Å². The van der Waals surface area contributed by atoms with Crippen LogP contribution in [0.3, 0.4) is 0 Å². The van der Waals surface area contributed by atoms with Crippen LogP contribution >= 0.6 is 11.8 Å². The van der Waals surface area contributed by atoms with E-state index in [2.05, 4.69) is 5.10 Å². The van der Waals surface area contributed by atoms with E-state index in [1.807, 2.05) is 49.4 Å². The van der Waals surface area contributed by atoms with Gasteiger partial charge < -0.3 is 4.74 Å². The quantitative estimate of drug-likeness (QED) is 0.583. The summed E-state index contributed by atoms with van der Waals surface area (Å²) in [5, 5.41) is 6.38. The van der Waals surface area contributed by atoms with E-state index < -0.39 is 5.37 Å². The van der Waals surface area contributed by atoms with Crippen LogP contribution in [0.25, 0.3) is 0 Å². The molecule has 1 atom stereocenters. The lowest BCUT2D eigenvalue weighted by Gasteiger charge is -2.23. The maximum atomic E-state index is 13.4. The topological polar surface area (TPSA) is 41.9 Å². The average Bonchev–Trinajstić information content (AvgIpc) is 3.19. The zero-order valence-corrected chi connectivity index (χ0v) is 16.8. The number of aryl methyl sites for hydroxylation is 1. The molecule has 0 saturated carbocycles. The van der Waals surface area contributed by atoms with Gasteiger partial charge >= 0.3 is 0 Å². The average molecular weight is 406 g/mol. The molecule has 1 aliphatic heterocycles. The summed E-state index contributed by atoms with van der Waals surface area (Å²) in [6, 6.07) is 21.1. The number of carbonyl (C=O) groups excluding carboxylic acids is 1. The van der Waals surface area contributed by atoms with E-state index >= 15 is 0 Å². The first-order valence-electron chi connectivity index (χ1n) is 9.12. The van der Waals surface area contributed by atoms with Gasteiger partial charge in [0.15, 0.2) is 0 Å². The predicted molar refractivity (Wildman–Crippen MR) is 114 cm³/mol. The molecule has 1 heterocycles. The van der Waals surface area contributed by atoms with Gasteiger partial charge in [-0.1, -0.05) is 48.2 Å². The van der Waals surface area contributed by atoms with Crippen LogP contribution in [-0.2, 0) is 0 Å². The Labute approximate surface area is 173 Å². The molecule has 3 aromatic rings. The molecule has 4 nitrogen and oxygen atoms in total. The van der Waals surface area contributed by atoms with Gasteiger partial charge in [0, 0.05) is 16.7 Å². The lowest BCUT2D eigenvalue weighted by molar-refractivity contribution is 0.0747. The first-order chi connectivity index (χ1) is 14.1. The van der Waals surface area contributed by atoms with Gasteiger partial charge in [-0.3, -0.25) is 4.79 Å². The molecule has 0 saturated heterocycles. The van der Waals surface area contributed by atoms with E-state index in [0.29, 0.717) is 16.4 Å². The van der Waals surface area contributed by atoms with Gasteiger partial charge in [-0.15, -0.1) is 0 Å². The molecule has 1 amide bonds.